The first-order valence-corrected chi connectivity index (χ1v) is 10.4. The summed E-state index contributed by atoms with van der Waals surface area (Å²) in [6.45, 7) is 3.66. The largest absolute Gasteiger partial charge is 0.360 e. The maximum absolute atomic E-state index is 13.9. The van der Waals surface area contributed by atoms with Gasteiger partial charge in [0.2, 0.25) is 0 Å². The fourth-order valence-corrected chi connectivity index (χ4v) is 4.15. The van der Waals surface area contributed by atoms with Gasteiger partial charge in [0, 0.05) is 23.2 Å². The van der Waals surface area contributed by atoms with E-state index in [0.717, 1.165) is 11.6 Å². The topological polar surface area (TPSA) is 101 Å². The second-order valence-electron chi connectivity index (χ2n) is 6.73. The van der Waals surface area contributed by atoms with Gasteiger partial charge >= 0.3 is 0 Å². The number of fused-ring (bicyclic) bond motifs is 1. The molecule has 0 spiro atoms. The minimum Gasteiger partial charge on any atom is -0.360 e. The Kier molecular flexibility index (Phi) is 4.79. The minimum atomic E-state index is -3.99. The number of rotatable bonds is 3. The van der Waals surface area contributed by atoms with Crippen molar-refractivity contribution in [2.45, 2.75) is 25.3 Å². The molecule has 9 heteroatoms. The fourth-order valence-electron chi connectivity index (χ4n) is 3.01. The van der Waals surface area contributed by atoms with Crippen molar-refractivity contribution in [2.24, 2.45) is 0 Å². The van der Waals surface area contributed by atoms with Crippen molar-refractivity contribution in [3.8, 4) is 11.8 Å². The molecule has 2 N–H and O–H groups in total. The summed E-state index contributed by atoms with van der Waals surface area (Å²) < 4.78 is 47.2. The number of nitrogens with one attached hydrogen (secondary N) is 2. The van der Waals surface area contributed by atoms with Gasteiger partial charge in [-0.15, -0.1) is 0 Å². The molecular weight excluding hydrogens is 409 g/mol. The van der Waals surface area contributed by atoms with Crippen LogP contribution >= 0.6 is 0 Å². The van der Waals surface area contributed by atoms with E-state index in [4.69, 9.17) is 4.52 Å². The molecular formula is C21H16FN3O4S. The Morgan fingerprint density at radius 3 is 2.73 bits per heavy atom. The van der Waals surface area contributed by atoms with Crippen molar-refractivity contribution in [1.29, 1.82) is 0 Å². The lowest BCUT2D eigenvalue weighted by atomic mass is 10.1. The zero-order chi connectivity index (χ0) is 21.5. The Morgan fingerprint density at radius 1 is 1.20 bits per heavy atom. The number of nitrogens with zero attached hydrogens (tertiary/aromatic N) is 1. The van der Waals surface area contributed by atoms with Crippen LogP contribution in [0.3, 0.4) is 0 Å². The van der Waals surface area contributed by atoms with Gasteiger partial charge in [0.15, 0.2) is 5.69 Å². The van der Waals surface area contributed by atoms with Crippen LogP contribution in [0.4, 0.5) is 10.1 Å². The third-order valence-electron chi connectivity index (χ3n) is 4.79. The third kappa shape index (κ3) is 3.53. The molecule has 0 fully saturated rings. The third-order valence-corrected chi connectivity index (χ3v) is 6.15. The number of aromatic nitrogens is 1. The molecule has 2 heterocycles. The average Bonchev–Trinajstić information content (AvgIpc) is 3.26. The van der Waals surface area contributed by atoms with E-state index in [2.05, 4.69) is 27.0 Å². The maximum Gasteiger partial charge on any atom is 0.261 e. The quantitative estimate of drug-likeness (QED) is 0.629. The Labute approximate surface area is 172 Å². The molecule has 7 nitrogen and oxygen atoms in total. The first-order valence-electron chi connectivity index (χ1n) is 8.93. The maximum atomic E-state index is 13.9. The summed E-state index contributed by atoms with van der Waals surface area (Å²) in [6, 6.07) is 8.44. The minimum absolute atomic E-state index is 0.0160. The molecule has 0 aliphatic carbocycles. The first-order chi connectivity index (χ1) is 14.3. The SMILES string of the molecule is Cc1onc(C#Cc2cccc(S(=O)(=O)Nc3ccc(F)c4c3CNC4=O)c2)c1C. The zero-order valence-corrected chi connectivity index (χ0v) is 16.9. The van der Waals surface area contributed by atoms with E-state index in [9.17, 15) is 17.6 Å². The lowest BCUT2D eigenvalue weighted by molar-refractivity contribution is 0.0962. The molecule has 1 amide bonds. The van der Waals surface area contributed by atoms with Crippen LogP contribution in [0.2, 0.25) is 0 Å². The van der Waals surface area contributed by atoms with Gasteiger partial charge in [-0.3, -0.25) is 9.52 Å². The summed E-state index contributed by atoms with van der Waals surface area (Å²) in [6.07, 6.45) is 0. The molecule has 4 rings (SSSR count). The van der Waals surface area contributed by atoms with Gasteiger partial charge in [-0.1, -0.05) is 17.1 Å². The van der Waals surface area contributed by atoms with Crippen LogP contribution in [0, 0.1) is 31.5 Å². The van der Waals surface area contributed by atoms with Crippen molar-refractivity contribution in [2.75, 3.05) is 4.72 Å². The van der Waals surface area contributed by atoms with Gasteiger partial charge in [-0.25, -0.2) is 12.8 Å². The predicted octanol–water partition coefficient (Wildman–Crippen LogP) is 2.87. The van der Waals surface area contributed by atoms with Crippen molar-refractivity contribution in [1.82, 2.24) is 10.5 Å². The first kappa shape index (κ1) is 19.7. The highest BCUT2D eigenvalue weighted by molar-refractivity contribution is 7.92. The lowest BCUT2D eigenvalue weighted by Crippen LogP contribution is -2.15. The van der Waals surface area contributed by atoms with Crippen LogP contribution in [-0.4, -0.2) is 19.5 Å². The van der Waals surface area contributed by atoms with Gasteiger partial charge in [0.05, 0.1) is 16.1 Å². The molecule has 0 radical (unpaired) electrons. The number of carbonyl (C=O) groups is 1. The van der Waals surface area contributed by atoms with Gasteiger partial charge in [0.1, 0.15) is 11.6 Å². The number of benzene rings is 2. The van der Waals surface area contributed by atoms with Crippen LogP contribution in [0.15, 0.2) is 45.8 Å². The molecule has 0 saturated carbocycles. The van der Waals surface area contributed by atoms with E-state index >= 15 is 0 Å². The Hall–Kier alpha value is -3.64. The molecule has 1 aliphatic heterocycles. The summed E-state index contributed by atoms with van der Waals surface area (Å²) in [4.78, 5) is 11.8. The normalized spacial score (nSPS) is 12.7. The number of hydrogen-bond acceptors (Lipinski definition) is 5. The van der Waals surface area contributed by atoms with Crippen molar-refractivity contribution in [3.63, 3.8) is 0 Å². The highest BCUT2D eigenvalue weighted by Crippen LogP contribution is 2.28. The van der Waals surface area contributed by atoms with Crippen molar-refractivity contribution < 1.29 is 22.1 Å². The Balaban J connectivity index is 1.65. The van der Waals surface area contributed by atoms with Crippen LogP contribution in [0.1, 0.15) is 38.5 Å². The van der Waals surface area contributed by atoms with Crippen LogP contribution in [-0.2, 0) is 16.6 Å². The van der Waals surface area contributed by atoms with E-state index in [-0.39, 0.29) is 28.3 Å². The number of carbonyl (C=O) groups excluding carboxylic acids is 1. The molecule has 1 aliphatic rings. The van der Waals surface area contributed by atoms with Crippen LogP contribution in [0.5, 0.6) is 0 Å². The Bertz CT molecular complexity index is 1350. The second-order valence-corrected chi connectivity index (χ2v) is 8.41. The van der Waals surface area contributed by atoms with Crippen molar-refractivity contribution in [3.05, 3.63) is 75.9 Å². The number of aryl methyl sites for hydroxylation is 1. The molecule has 2 aromatic carbocycles. The molecule has 0 saturated heterocycles. The van der Waals surface area contributed by atoms with Gasteiger partial charge < -0.3 is 9.84 Å². The number of hydrogen-bond donors (Lipinski definition) is 2. The van der Waals surface area contributed by atoms with E-state index in [1.165, 1.54) is 18.2 Å². The van der Waals surface area contributed by atoms with Crippen molar-refractivity contribution >= 4 is 21.6 Å². The predicted molar refractivity (Wildman–Crippen MR) is 107 cm³/mol. The molecule has 30 heavy (non-hydrogen) atoms. The number of anilines is 1. The molecule has 152 valence electrons. The molecule has 3 aromatic rings. The highest BCUT2D eigenvalue weighted by atomic mass is 32.2. The Morgan fingerprint density at radius 2 is 2.00 bits per heavy atom. The summed E-state index contributed by atoms with van der Waals surface area (Å²) in [5.41, 5.74) is 2.05. The van der Waals surface area contributed by atoms with Gasteiger partial charge in [-0.2, -0.15) is 0 Å². The highest BCUT2D eigenvalue weighted by Gasteiger charge is 2.27. The molecule has 0 atom stereocenters. The van der Waals surface area contributed by atoms with Gasteiger partial charge in [0.25, 0.3) is 15.9 Å². The number of halogens is 1. The number of amides is 1. The average molecular weight is 425 g/mol. The fraction of sp³-hybridized carbons (Fsp3) is 0.143. The van der Waals surface area contributed by atoms with Crippen LogP contribution < -0.4 is 10.0 Å². The monoisotopic (exact) mass is 425 g/mol. The zero-order valence-electron chi connectivity index (χ0n) is 16.0. The standard InChI is InChI=1S/C21H16FN3O4S/c1-12-13(2)29-24-18(12)8-6-14-4-3-5-15(10-14)30(27,28)25-19-9-7-17(22)20-16(19)11-23-21(20)26/h3-5,7,9-10,25H,11H2,1-2H3,(H,23,26). The summed E-state index contributed by atoms with van der Waals surface area (Å²) in [5, 5.41) is 6.35. The summed E-state index contributed by atoms with van der Waals surface area (Å²) in [7, 11) is -3.99. The number of sulfonamides is 1. The molecule has 1 aromatic heterocycles. The smallest absolute Gasteiger partial charge is 0.261 e. The van der Waals surface area contributed by atoms with Gasteiger partial charge in [-0.05, 0) is 50.1 Å². The van der Waals surface area contributed by atoms with E-state index in [1.54, 1.807) is 19.1 Å². The molecule has 0 unspecified atom stereocenters. The van der Waals surface area contributed by atoms with E-state index in [1.807, 2.05) is 6.92 Å². The summed E-state index contributed by atoms with van der Waals surface area (Å²) in [5.74, 6) is 5.14. The van der Waals surface area contributed by atoms with Crippen LogP contribution in [0.25, 0.3) is 0 Å². The lowest BCUT2D eigenvalue weighted by Gasteiger charge is -2.12. The second kappa shape index (κ2) is 7.31. The van der Waals surface area contributed by atoms with E-state index < -0.39 is 21.7 Å². The summed E-state index contributed by atoms with van der Waals surface area (Å²) >= 11 is 0. The molecule has 0 bridgehead atoms. The van der Waals surface area contributed by atoms with E-state index in [0.29, 0.717) is 17.0 Å².